The van der Waals surface area contributed by atoms with E-state index in [0.717, 1.165) is 36.5 Å². The zero-order valence-corrected chi connectivity index (χ0v) is 20.0. The maximum atomic E-state index is 12.6. The lowest BCUT2D eigenvalue weighted by atomic mass is 9.94. The van der Waals surface area contributed by atoms with Crippen LogP contribution in [0.25, 0.3) is 22.0 Å². The van der Waals surface area contributed by atoms with Crippen LogP contribution in [0.5, 0.6) is 5.75 Å². The summed E-state index contributed by atoms with van der Waals surface area (Å²) in [5.41, 5.74) is 7.54. The van der Waals surface area contributed by atoms with Crippen molar-refractivity contribution in [3.8, 4) is 16.9 Å². The van der Waals surface area contributed by atoms with Crippen LogP contribution in [0.4, 0.5) is 0 Å². The second-order valence-electron chi connectivity index (χ2n) is 8.83. The first-order chi connectivity index (χ1) is 16.1. The highest BCUT2D eigenvalue weighted by Crippen LogP contribution is 2.35. The number of nitrogens with one attached hydrogen (secondary N) is 2. The fourth-order valence-corrected chi connectivity index (χ4v) is 5.89. The van der Waals surface area contributed by atoms with E-state index in [1.54, 1.807) is 7.11 Å². The van der Waals surface area contributed by atoms with Crippen LogP contribution in [0.2, 0.25) is 0 Å². The fraction of sp³-hybridized carbons (Fsp3) is 0.286. The van der Waals surface area contributed by atoms with Crippen LogP contribution in [0.3, 0.4) is 0 Å². The van der Waals surface area contributed by atoms with Crippen molar-refractivity contribution in [3.63, 3.8) is 0 Å². The number of aryl methyl sites for hydroxylation is 1. The molecule has 1 aromatic heterocycles. The van der Waals surface area contributed by atoms with Crippen LogP contribution in [-0.2, 0) is 23.8 Å². The SMILES string of the molecule is COc1ccc(-c2cccc3[nH]c4c(c23)CNC(CCCS(=O)c2ccc(C)cc2)C4)cc1. The number of H-pyrrole nitrogens is 1. The lowest BCUT2D eigenvalue weighted by molar-refractivity contribution is 0.415. The zero-order chi connectivity index (χ0) is 22.8. The molecule has 0 aliphatic carbocycles. The molecule has 0 saturated heterocycles. The molecule has 33 heavy (non-hydrogen) atoms. The smallest absolute Gasteiger partial charge is 0.118 e. The van der Waals surface area contributed by atoms with Crippen LogP contribution in [-0.4, -0.2) is 28.1 Å². The number of fused-ring (bicyclic) bond motifs is 3. The molecule has 0 amide bonds. The number of aromatic nitrogens is 1. The number of aromatic amines is 1. The second-order valence-corrected chi connectivity index (χ2v) is 10.4. The third kappa shape index (κ3) is 4.61. The Bertz CT molecular complexity index is 1280. The summed E-state index contributed by atoms with van der Waals surface area (Å²) < 4.78 is 17.9. The summed E-state index contributed by atoms with van der Waals surface area (Å²) in [7, 11) is 0.770. The Morgan fingerprint density at radius 2 is 1.82 bits per heavy atom. The van der Waals surface area contributed by atoms with Crippen LogP contribution in [0.15, 0.2) is 71.6 Å². The average molecular weight is 459 g/mol. The largest absolute Gasteiger partial charge is 0.497 e. The van der Waals surface area contributed by atoms with Crippen molar-refractivity contribution in [1.82, 2.24) is 10.3 Å². The molecule has 0 spiro atoms. The fourth-order valence-electron chi connectivity index (χ4n) is 4.79. The summed E-state index contributed by atoms with van der Waals surface area (Å²) in [5, 5.41) is 5.04. The van der Waals surface area contributed by atoms with Gasteiger partial charge in [-0.25, -0.2) is 0 Å². The van der Waals surface area contributed by atoms with Gasteiger partial charge in [-0.3, -0.25) is 4.21 Å². The highest BCUT2D eigenvalue weighted by molar-refractivity contribution is 7.85. The summed E-state index contributed by atoms with van der Waals surface area (Å²) >= 11 is 0. The average Bonchev–Trinajstić information content (AvgIpc) is 3.22. The van der Waals surface area contributed by atoms with E-state index in [0.29, 0.717) is 11.8 Å². The van der Waals surface area contributed by atoms with Crippen molar-refractivity contribution in [2.45, 2.75) is 43.7 Å². The van der Waals surface area contributed by atoms with E-state index < -0.39 is 10.8 Å². The van der Waals surface area contributed by atoms with Gasteiger partial charge >= 0.3 is 0 Å². The molecule has 5 heteroatoms. The molecular weight excluding hydrogens is 428 g/mol. The van der Waals surface area contributed by atoms with E-state index >= 15 is 0 Å². The normalized spacial score (nSPS) is 16.5. The molecule has 0 radical (unpaired) electrons. The summed E-state index contributed by atoms with van der Waals surface area (Å²) in [5.74, 6) is 1.58. The number of rotatable bonds is 7. The molecular formula is C28H30N2O2S. The molecule has 2 N–H and O–H groups in total. The van der Waals surface area contributed by atoms with Gasteiger partial charge < -0.3 is 15.0 Å². The Balaban J connectivity index is 1.28. The molecule has 2 atom stereocenters. The summed E-state index contributed by atoms with van der Waals surface area (Å²) in [4.78, 5) is 4.62. The molecule has 3 aromatic carbocycles. The van der Waals surface area contributed by atoms with Gasteiger partial charge in [0.1, 0.15) is 5.75 Å². The summed E-state index contributed by atoms with van der Waals surface area (Å²) in [6.45, 7) is 2.91. The number of methoxy groups -OCH3 is 1. The van der Waals surface area contributed by atoms with E-state index in [2.05, 4.69) is 47.6 Å². The number of ether oxygens (including phenoxy) is 1. The molecule has 170 valence electrons. The van der Waals surface area contributed by atoms with Gasteiger partial charge in [0.2, 0.25) is 0 Å². The molecule has 0 saturated carbocycles. The Morgan fingerprint density at radius 3 is 2.58 bits per heavy atom. The molecule has 2 heterocycles. The molecule has 0 bridgehead atoms. The quantitative estimate of drug-likeness (QED) is 0.371. The maximum Gasteiger partial charge on any atom is 0.118 e. The molecule has 0 fully saturated rings. The number of hydrogen-bond acceptors (Lipinski definition) is 3. The Labute approximate surface area is 197 Å². The third-order valence-corrected chi connectivity index (χ3v) is 8.06. The van der Waals surface area contributed by atoms with Gasteiger partial charge in [-0.05, 0) is 66.8 Å². The molecule has 4 aromatic rings. The van der Waals surface area contributed by atoms with Crippen molar-refractivity contribution in [1.29, 1.82) is 0 Å². The van der Waals surface area contributed by atoms with Gasteiger partial charge in [0, 0.05) is 46.3 Å². The van der Waals surface area contributed by atoms with E-state index in [1.165, 1.54) is 38.9 Å². The van der Waals surface area contributed by atoms with Crippen LogP contribution >= 0.6 is 0 Å². The second kappa shape index (κ2) is 9.54. The Morgan fingerprint density at radius 1 is 1.03 bits per heavy atom. The third-order valence-electron chi connectivity index (χ3n) is 6.60. The van der Waals surface area contributed by atoms with Gasteiger partial charge in [-0.1, -0.05) is 42.0 Å². The first kappa shape index (κ1) is 21.9. The zero-order valence-electron chi connectivity index (χ0n) is 19.2. The monoisotopic (exact) mass is 458 g/mol. The van der Waals surface area contributed by atoms with Crippen molar-refractivity contribution in [3.05, 3.63) is 83.6 Å². The highest BCUT2D eigenvalue weighted by atomic mass is 32.2. The minimum atomic E-state index is -0.925. The molecule has 2 unspecified atom stereocenters. The number of benzene rings is 3. The lowest BCUT2D eigenvalue weighted by Gasteiger charge is -2.24. The van der Waals surface area contributed by atoms with Crippen molar-refractivity contribution >= 4 is 21.7 Å². The van der Waals surface area contributed by atoms with E-state index in [-0.39, 0.29) is 0 Å². The lowest BCUT2D eigenvalue weighted by Crippen LogP contribution is -2.35. The van der Waals surface area contributed by atoms with Crippen molar-refractivity contribution in [2.75, 3.05) is 12.9 Å². The number of hydrogen-bond donors (Lipinski definition) is 2. The molecule has 1 aliphatic rings. The van der Waals surface area contributed by atoms with Crippen molar-refractivity contribution in [2.24, 2.45) is 0 Å². The van der Waals surface area contributed by atoms with Gasteiger partial charge in [0.15, 0.2) is 0 Å². The van der Waals surface area contributed by atoms with Crippen LogP contribution in [0.1, 0.15) is 29.7 Å². The van der Waals surface area contributed by atoms with Gasteiger partial charge in [0.05, 0.1) is 17.9 Å². The van der Waals surface area contributed by atoms with Crippen LogP contribution < -0.4 is 10.1 Å². The minimum absolute atomic E-state index is 0.407. The summed E-state index contributed by atoms with van der Waals surface area (Å²) in [6, 6.07) is 23.2. The Kier molecular flexibility index (Phi) is 6.34. The predicted octanol–water partition coefficient (Wildman–Crippen LogP) is 5.75. The van der Waals surface area contributed by atoms with Gasteiger partial charge in [-0.2, -0.15) is 0 Å². The maximum absolute atomic E-state index is 12.6. The first-order valence-electron chi connectivity index (χ1n) is 11.6. The van der Waals surface area contributed by atoms with Gasteiger partial charge in [-0.15, -0.1) is 0 Å². The minimum Gasteiger partial charge on any atom is -0.497 e. The topological polar surface area (TPSA) is 54.1 Å². The van der Waals surface area contributed by atoms with E-state index in [9.17, 15) is 4.21 Å². The molecule has 5 rings (SSSR count). The molecule has 4 nitrogen and oxygen atoms in total. The van der Waals surface area contributed by atoms with Crippen LogP contribution in [0, 0.1) is 6.92 Å². The van der Waals surface area contributed by atoms with Crippen molar-refractivity contribution < 1.29 is 8.95 Å². The van der Waals surface area contributed by atoms with E-state index in [1.807, 2.05) is 36.4 Å². The Hall–Kier alpha value is -2.89. The summed E-state index contributed by atoms with van der Waals surface area (Å²) in [6.07, 6.45) is 2.95. The predicted molar refractivity (Wildman–Crippen MR) is 136 cm³/mol. The highest BCUT2D eigenvalue weighted by Gasteiger charge is 2.23. The standard InChI is InChI=1S/C28H30N2O2S/c1-19-8-14-23(15-9-19)33(31)16-4-5-21-17-27-25(18-29-21)28-24(6-3-7-26(28)30-27)20-10-12-22(32-2)13-11-20/h3,6-15,21,29-30H,4-5,16-18H2,1-2H3. The van der Waals surface area contributed by atoms with E-state index in [4.69, 9.17) is 4.74 Å². The molecule has 1 aliphatic heterocycles. The first-order valence-corrected chi connectivity index (χ1v) is 12.9. The van der Waals surface area contributed by atoms with Gasteiger partial charge in [0.25, 0.3) is 0 Å².